The van der Waals surface area contributed by atoms with Crippen LogP contribution in [0.1, 0.15) is 10.4 Å². The van der Waals surface area contributed by atoms with Crippen molar-refractivity contribution in [2.75, 3.05) is 5.32 Å². The Morgan fingerprint density at radius 2 is 1.65 bits per heavy atom. The fraction of sp³-hybridized carbons (Fsp3) is 0. The topological polar surface area (TPSA) is 29.1 Å². The molecular weight excluding hydrogens is 452 g/mol. The summed E-state index contributed by atoms with van der Waals surface area (Å²) >= 11 is 24.5. The van der Waals surface area contributed by atoms with Crippen LogP contribution < -0.4 is 5.32 Å². The first kappa shape index (κ1) is 16.1. The molecule has 20 heavy (non-hydrogen) atoms. The molecule has 0 saturated carbocycles. The molecule has 0 radical (unpaired) electrons. The van der Waals surface area contributed by atoms with Gasteiger partial charge < -0.3 is 5.32 Å². The van der Waals surface area contributed by atoms with E-state index in [2.05, 4.69) is 37.2 Å². The van der Waals surface area contributed by atoms with Gasteiger partial charge in [-0.2, -0.15) is 0 Å². The number of hydrogen-bond acceptors (Lipinski definition) is 1. The van der Waals surface area contributed by atoms with Crippen molar-refractivity contribution < 1.29 is 4.79 Å². The lowest BCUT2D eigenvalue weighted by Crippen LogP contribution is -2.13. The highest BCUT2D eigenvalue weighted by Gasteiger charge is 2.14. The second-order valence-corrected chi connectivity index (χ2v) is 6.70. The van der Waals surface area contributed by atoms with Gasteiger partial charge in [-0.05, 0) is 62.2 Å². The maximum atomic E-state index is 12.2. The monoisotopic (exact) mass is 455 g/mol. The SMILES string of the molecule is O=C(Nc1ccc(Br)c(Cl)c1Cl)c1ccc(Cl)cc1Br. The van der Waals surface area contributed by atoms with Crippen molar-refractivity contribution in [3.8, 4) is 0 Å². The van der Waals surface area contributed by atoms with E-state index in [0.29, 0.717) is 30.2 Å². The summed E-state index contributed by atoms with van der Waals surface area (Å²) in [6.45, 7) is 0. The summed E-state index contributed by atoms with van der Waals surface area (Å²) in [5.41, 5.74) is 0.885. The first-order valence-electron chi connectivity index (χ1n) is 5.30. The minimum Gasteiger partial charge on any atom is -0.321 e. The van der Waals surface area contributed by atoms with Gasteiger partial charge in [-0.15, -0.1) is 0 Å². The zero-order chi connectivity index (χ0) is 14.9. The Bertz CT molecular complexity index is 692. The lowest BCUT2D eigenvalue weighted by atomic mass is 10.2. The van der Waals surface area contributed by atoms with Crippen LogP contribution >= 0.6 is 66.7 Å². The highest BCUT2D eigenvalue weighted by Crippen LogP contribution is 2.36. The molecule has 0 aromatic heterocycles. The summed E-state index contributed by atoms with van der Waals surface area (Å²) in [5, 5.41) is 3.87. The first-order chi connectivity index (χ1) is 9.40. The van der Waals surface area contributed by atoms with Crippen LogP contribution in [0.2, 0.25) is 15.1 Å². The predicted octanol–water partition coefficient (Wildman–Crippen LogP) is 6.42. The number of amides is 1. The summed E-state index contributed by atoms with van der Waals surface area (Å²) in [5.74, 6) is -0.311. The largest absolute Gasteiger partial charge is 0.321 e. The standard InChI is InChI=1S/C13H6Br2Cl3NO/c14-8-3-4-10(12(18)11(8)17)19-13(20)7-2-1-6(16)5-9(7)15/h1-5H,(H,19,20). The molecule has 104 valence electrons. The molecule has 0 bridgehead atoms. The number of carbonyl (C=O) groups is 1. The van der Waals surface area contributed by atoms with Crippen LogP contribution in [0.15, 0.2) is 39.3 Å². The number of rotatable bonds is 2. The zero-order valence-electron chi connectivity index (χ0n) is 9.68. The van der Waals surface area contributed by atoms with Gasteiger partial charge in [0, 0.05) is 14.0 Å². The smallest absolute Gasteiger partial charge is 0.256 e. The highest BCUT2D eigenvalue weighted by molar-refractivity contribution is 9.10. The Labute approximate surface area is 147 Å². The Morgan fingerprint density at radius 3 is 2.30 bits per heavy atom. The van der Waals surface area contributed by atoms with E-state index < -0.39 is 0 Å². The van der Waals surface area contributed by atoms with Gasteiger partial charge in [-0.3, -0.25) is 4.79 Å². The second kappa shape index (κ2) is 6.67. The fourth-order valence-electron chi connectivity index (χ4n) is 1.49. The summed E-state index contributed by atoms with van der Waals surface area (Å²) in [6.07, 6.45) is 0. The van der Waals surface area contributed by atoms with Gasteiger partial charge >= 0.3 is 0 Å². The first-order valence-corrected chi connectivity index (χ1v) is 8.02. The molecule has 0 fully saturated rings. The van der Waals surface area contributed by atoms with Crippen LogP contribution in [-0.2, 0) is 0 Å². The third kappa shape index (κ3) is 3.49. The summed E-state index contributed by atoms with van der Waals surface area (Å²) in [7, 11) is 0. The average molecular weight is 458 g/mol. The maximum absolute atomic E-state index is 12.2. The highest BCUT2D eigenvalue weighted by atomic mass is 79.9. The average Bonchev–Trinajstić information content (AvgIpc) is 2.39. The Morgan fingerprint density at radius 1 is 0.950 bits per heavy atom. The normalized spacial score (nSPS) is 10.4. The quantitative estimate of drug-likeness (QED) is 0.517. The van der Waals surface area contributed by atoms with Gasteiger partial charge in [0.25, 0.3) is 5.91 Å². The van der Waals surface area contributed by atoms with E-state index in [4.69, 9.17) is 34.8 Å². The molecule has 0 saturated heterocycles. The van der Waals surface area contributed by atoms with Crippen molar-refractivity contribution in [3.63, 3.8) is 0 Å². The van der Waals surface area contributed by atoms with Crippen LogP contribution in [0, 0.1) is 0 Å². The van der Waals surface area contributed by atoms with Crippen molar-refractivity contribution in [3.05, 3.63) is 59.9 Å². The molecule has 1 amide bonds. The third-order valence-electron chi connectivity index (χ3n) is 2.46. The molecule has 2 aromatic rings. The summed E-state index contributed by atoms with van der Waals surface area (Å²) in [6, 6.07) is 8.28. The molecule has 7 heteroatoms. The molecule has 0 heterocycles. The van der Waals surface area contributed by atoms with Crippen LogP contribution in [0.25, 0.3) is 0 Å². The van der Waals surface area contributed by atoms with Gasteiger partial charge in [0.15, 0.2) is 0 Å². The van der Waals surface area contributed by atoms with Gasteiger partial charge in [0.1, 0.15) is 0 Å². The minimum atomic E-state index is -0.311. The van der Waals surface area contributed by atoms with Crippen molar-refractivity contribution in [2.24, 2.45) is 0 Å². The van der Waals surface area contributed by atoms with E-state index in [1.165, 1.54) is 0 Å². The van der Waals surface area contributed by atoms with E-state index in [0.717, 1.165) is 0 Å². The maximum Gasteiger partial charge on any atom is 0.256 e. The Hall–Kier alpha value is -0.260. The van der Waals surface area contributed by atoms with Gasteiger partial charge in [0.2, 0.25) is 0 Å². The molecule has 0 aliphatic rings. The zero-order valence-corrected chi connectivity index (χ0v) is 15.1. The number of anilines is 1. The summed E-state index contributed by atoms with van der Waals surface area (Å²) in [4.78, 5) is 12.2. The summed E-state index contributed by atoms with van der Waals surface area (Å²) < 4.78 is 1.26. The molecule has 0 unspecified atom stereocenters. The van der Waals surface area contributed by atoms with Crippen LogP contribution in [-0.4, -0.2) is 5.91 Å². The van der Waals surface area contributed by atoms with E-state index in [-0.39, 0.29) is 10.9 Å². The predicted molar refractivity (Wildman–Crippen MR) is 91.3 cm³/mol. The van der Waals surface area contributed by atoms with Crippen molar-refractivity contribution >= 4 is 78.3 Å². The molecule has 0 atom stereocenters. The number of hydrogen-bond donors (Lipinski definition) is 1. The number of nitrogens with one attached hydrogen (secondary N) is 1. The van der Waals surface area contributed by atoms with Gasteiger partial charge in [-0.25, -0.2) is 0 Å². The van der Waals surface area contributed by atoms with E-state index in [9.17, 15) is 4.79 Å². The molecule has 0 spiro atoms. The molecule has 0 aliphatic heterocycles. The number of carbonyl (C=O) groups excluding carboxylic acids is 1. The minimum absolute atomic E-state index is 0.277. The van der Waals surface area contributed by atoms with E-state index in [1.807, 2.05) is 0 Å². The Balaban J connectivity index is 2.30. The molecule has 2 nitrogen and oxygen atoms in total. The molecule has 1 N–H and O–H groups in total. The van der Waals surface area contributed by atoms with Crippen LogP contribution in [0.4, 0.5) is 5.69 Å². The molecule has 2 rings (SSSR count). The molecule has 2 aromatic carbocycles. The molecule has 0 aliphatic carbocycles. The van der Waals surface area contributed by atoms with E-state index in [1.54, 1.807) is 30.3 Å². The van der Waals surface area contributed by atoms with Crippen LogP contribution in [0.5, 0.6) is 0 Å². The van der Waals surface area contributed by atoms with Crippen molar-refractivity contribution in [1.82, 2.24) is 0 Å². The molecular formula is C13H6Br2Cl3NO. The van der Waals surface area contributed by atoms with Crippen molar-refractivity contribution in [2.45, 2.75) is 0 Å². The Kier molecular flexibility index (Phi) is 5.37. The third-order valence-corrected chi connectivity index (χ3v) is 5.12. The van der Waals surface area contributed by atoms with Gasteiger partial charge in [-0.1, -0.05) is 34.8 Å². The number of benzene rings is 2. The fourth-order valence-corrected chi connectivity index (χ4v) is 3.17. The van der Waals surface area contributed by atoms with Crippen molar-refractivity contribution in [1.29, 1.82) is 0 Å². The number of halogens is 5. The van der Waals surface area contributed by atoms with E-state index >= 15 is 0 Å². The van der Waals surface area contributed by atoms with Crippen LogP contribution in [0.3, 0.4) is 0 Å². The second-order valence-electron chi connectivity index (χ2n) is 3.80. The van der Waals surface area contributed by atoms with Gasteiger partial charge in [0.05, 0.1) is 21.3 Å². The lowest BCUT2D eigenvalue weighted by molar-refractivity contribution is 0.102. The lowest BCUT2D eigenvalue weighted by Gasteiger charge is -2.10.